The monoisotopic (exact) mass is 440 g/mol. The first-order valence-corrected chi connectivity index (χ1v) is 10.8. The van der Waals surface area contributed by atoms with Crippen LogP contribution in [0.5, 0.6) is 0 Å². The van der Waals surface area contributed by atoms with Gasteiger partial charge in [0, 0.05) is 16.8 Å². The lowest BCUT2D eigenvalue weighted by atomic mass is 9.99. The highest BCUT2D eigenvalue weighted by Crippen LogP contribution is 2.27. The molecule has 5 aromatic rings. The molecule has 2 aromatic heterocycles. The zero-order valence-electron chi connectivity index (χ0n) is 17.7. The predicted octanol–water partition coefficient (Wildman–Crippen LogP) is 6.00. The zero-order chi connectivity index (χ0) is 22.2. The number of nitrogens with one attached hydrogen (secondary N) is 1. The number of amides is 1. The quantitative estimate of drug-likeness (QED) is 0.372. The highest BCUT2D eigenvalue weighted by molar-refractivity contribution is 6.30. The molecule has 0 spiro atoms. The van der Waals surface area contributed by atoms with Gasteiger partial charge in [-0.1, -0.05) is 66.2 Å². The third-order valence-electron chi connectivity index (χ3n) is 5.78. The number of nitrogens with zero attached hydrogens (tertiary/aromatic N) is 3. The minimum atomic E-state index is -0.183. The van der Waals surface area contributed by atoms with Crippen molar-refractivity contribution < 1.29 is 4.79 Å². The second-order valence-corrected chi connectivity index (χ2v) is 8.26. The van der Waals surface area contributed by atoms with Crippen LogP contribution in [0.4, 0.5) is 0 Å². The van der Waals surface area contributed by atoms with Crippen LogP contribution in [0.25, 0.3) is 27.5 Å². The molecule has 1 unspecified atom stereocenters. The topological polar surface area (TPSA) is 59.3 Å². The normalized spacial score (nSPS) is 12.2. The van der Waals surface area contributed by atoms with E-state index in [9.17, 15) is 4.79 Å². The first kappa shape index (κ1) is 20.2. The summed E-state index contributed by atoms with van der Waals surface area (Å²) in [6, 6.07) is 21.7. The molecule has 0 aliphatic carbocycles. The van der Waals surface area contributed by atoms with E-state index in [-0.39, 0.29) is 11.9 Å². The Labute approximate surface area is 190 Å². The van der Waals surface area contributed by atoms with Gasteiger partial charge in [0.25, 0.3) is 5.91 Å². The number of aryl methyl sites for hydroxylation is 1. The molecule has 2 heterocycles. The fraction of sp³-hybridized carbons (Fsp3) is 0.115. The van der Waals surface area contributed by atoms with Crippen molar-refractivity contribution in [2.24, 2.45) is 0 Å². The summed E-state index contributed by atoms with van der Waals surface area (Å²) in [7, 11) is 0. The lowest BCUT2D eigenvalue weighted by Crippen LogP contribution is -2.28. The molecular formula is C26H21ClN4O. The Morgan fingerprint density at radius 3 is 2.66 bits per heavy atom. The van der Waals surface area contributed by atoms with Crippen LogP contribution in [0.15, 0.2) is 79.1 Å². The average molecular weight is 441 g/mol. The molecule has 1 atom stereocenters. The minimum Gasteiger partial charge on any atom is -0.345 e. The summed E-state index contributed by atoms with van der Waals surface area (Å²) in [6.07, 6.45) is 3.37. The Kier molecular flexibility index (Phi) is 5.11. The molecule has 0 radical (unpaired) electrons. The largest absolute Gasteiger partial charge is 0.345 e. The number of halogens is 1. The molecule has 32 heavy (non-hydrogen) atoms. The van der Waals surface area contributed by atoms with Gasteiger partial charge in [-0.3, -0.25) is 4.79 Å². The smallest absolute Gasteiger partial charge is 0.255 e. The number of carbonyl (C=O) groups excluding carboxylic acids is 1. The Hall–Kier alpha value is -3.70. The van der Waals surface area contributed by atoms with E-state index in [1.54, 1.807) is 16.9 Å². The van der Waals surface area contributed by atoms with Gasteiger partial charge in [0.2, 0.25) is 0 Å². The number of aromatic nitrogens is 3. The van der Waals surface area contributed by atoms with Crippen LogP contribution in [0.1, 0.15) is 34.6 Å². The molecule has 0 saturated carbocycles. The number of benzene rings is 3. The van der Waals surface area contributed by atoms with Gasteiger partial charge in [0.15, 0.2) is 5.65 Å². The molecule has 158 valence electrons. The van der Waals surface area contributed by atoms with Gasteiger partial charge in [-0.05, 0) is 47.9 Å². The van der Waals surface area contributed by atoms with Crippen LogP contribution in [0.2, 0.25) is 5.02 Å². The molecule has 0 aliphatic heterocycles. The first-order chi connectivity index (χ1) is 15.5. The predicted molar refractivity (Wildman–Crippen MR) is 128 cm³/mol. The van der Waals surface area contributed by atoms with E-state index < -0.39 is 0 Å². The number of carbonyl (C=O) groups is 1. The Morgan fingerprint density at radius 2 is 1.81 bits per heavy atom. The van der Waals surface area contributed by atoms with Crippen molar-refractivity contribution in [1.82, 2.24) is 19.9 Å². The van der Waals surface area contributed by atoms with E-state index in [2.05, 4.69) is 33.6 Å². The number of rotatable bonds is 4. The Bertz CT molecular complexity index is 1470. The van der Waals surface area contributed by atoms with Crippen molar-refractivity contribution in [3.63, 3.8) is 0 Å². The average Bonchev–Trinajstić information content (AvgIpc) is 3.24. The highest BCUT2D eigenvalue weighted by Gasteiger charge is 2.19. The summed E-state index contributed by atoms with van der Waals surface area (Å²) in [5.41, 5.74) is 4.78. The lowest BCUT2D eigenvalue weighted by Gasteiger charge is -2.17. The second kappa shape index (κ2) is 8.09. The fourth-order valence-electron chi connectivity index (χ4n) is 4.11. The molecule has 0 aliphatic rings. The van der Waals surface area contributed by atoms with Crippen LogP contribution in [-0.2, 0) is 0 Å². The molecule has 0 bridgehead atoms. The summed E-state index contributed by atoms with van der Waals surface area (Å²) >= 11 is 6.15. The molecule has 6 heteroatoms. The van der Waals surface area contributed by atoms with Crippen LogP contribution >= 0.6 is 11.6 Å². The van der Waals surface area contributed by atoms with E-state index in [0.29, 0.717) is 16.2 Å². The molecule has 1 N–H and O–H groups in total. The van der Waals surface area contributed by atoms with Gasteiger partial charge >= 0.3 is 0 Å². The van der Waals surface area contributed by atoms with Crippen LogP contribution in [0, 0.1) is 6.92 Å². The number of hydrogen-bond donors (Lipinski definition) is 1. The lowest BCUT2D eigenvalue weighted by molar-refractivity contribution is 0.0938. The Balaban J connectivity index is 1.47. The van der Waals surface area contributed by atoms with Gasteiger partial charge in [-0.2, -0.15) is 5.10 Å². The molecule has 3 aromatic carbocycles. The van der Waals surface area contributed by atoms with Crippen LogP contribution in [-0.4, -0.2) is 20.5 Å². The summed E-state index contributed by atoms with van der Waals surface area (Å²) in [5, 5.41) is 10.5. The summed E-state index contributed by atoms with van der Waals surface area (Å²) in [4.78, 5) is 17.7. The summed E-state index contributed by atoms with van der Waals surface area (Å²) in [6.45, 7) is 3.87. The van der Waals surface area contributed by atoms with Crippen molar-refractivity contribution in [2.45, 2.75) is 19.9 Å². The van der Waals surface area contributed by atoms with Gasteiger partial charge < -0.3 is 5.32 Å². The van der Waals surface area contributed by atoms with E-state index >= 15 is 0 Å². The van der Waals surface area contributed by atoms with Crippen molar-refractivity contribution in [3.05, 3.63) is 101 Å². The van der Waals surface area contributed by atoms with Crippen LogP contribution in [0.3, 0.4) is 0 Å². The van der Waals surface area contributed by atoms with Gasteiger partial charge in [0.05, 0.1) is 23.5 Å². The van der Waals surface area contributed by atoms with Crippen molar-refractivity contribution in [3.8, 4) is 11.1 Å². The first-order valence-electron chi connectivity index (χ1n) is 10.4. The van der Waals surface area contributed by atoms with E-state index in [1.807, 2.05) is 62.4 Å². The third kappa shape index (κ3) is 3.51. The maximum Gasteiger partial charge on any atom is 0.255 e. The fourth-order valence-corrected chi connectivity index (χ4v) is 4.30. The SMILES string of the molecule is Cc1c(C(=O)NC(C)c2cccc3ccccc23)cnc2c(-c3cccc(Cl)c3)cnn12. The summed E-state index contributed by atoms with van der Waals surface area (Å²) in [5.74, 6) is -0.183. The standard InChI is InChI=1S/C26H21ClN4O/c1-16(21-12-6-8-18-7-3-4-11-22(18)21)30-26(32)23-14-28-25-24(15-29-31(25)17(23)2)19-9-5-10-20(27)13-19/h3-16H,1-2H3,(H,30,32). The van der Waals surface area contributed by atoms with E-state index in [4.69, 9.17) is 11.6 Å². The number of fused-ring (bicyclic) bond motifs is 2. The second-order valence-electron chi connectivity index (χ2n) is 7.82. The summed E-state index contributed by atoms with van der Waals surface area (Å²) < 4.78 is 1.70. The maximum absolute atomic E-state index is 13.1. The van der Waals surface area contributed by atoms with Crippen molar-refractivity contribution in [2.75, 3.05) is 0 Å². The molecule has 5 rings (SSSR count). The van der Waals surface area contributed by atoms with Gasteiger partial charge in [-0.15, -0.1) is 0 Å². The molecule has 0 fully saturated rings. The highest BCUT2D eigenvalue weighted by atomic mass is 35.5. The maximum atomic E-state index is 13.1. The molecule has 0 saturated heterocycles. The van der Waals surface area contributed by atoms with Crippen LogP contribution < -0.4 is 5.32 Å². The van der Waals surface area contributed by atoms with Gasteiger partial charge in [-0.25, -0.2) is 9.50 Å². The minimum absolute atomic E-state index is 0.164. The van der Waals surface area contributed by atoms with E-state index in [0.717, 1.165) is 33.2 Å². The van der Waals surface area contributed by atoms with Gasteiger partial charge in [0.1, 0.15) is 0 Å². The van der Waals surface area contributed by atoms with E-state index in [1.165, 1.54) is 0 Å². The molecule has 1 amide bonds. The van der Waals surface area contributed by atoms with Crippen molar-refractivity contribution >= 4 is 33.9 Å². The number of hydrogen-bond acceptors (Lipinski definition) is 3. The Morgan fingerprint density at radius 1 is 1.03 bits per heavy atom. The zero-order valence-corrected chi connectivity index (χ0v) is 18.5. The molecular weight excluding hydrogens is 420 g/mol. The molecule has 5 nitrogen and oxygen atoms in total. The third-order valence-corrected chi connectivity index (χ3v) is 6.02. The van der Waals surface area contributed by atoms with Crippen molar-refractivity contribution in [1.29, 1.82) is 0 Å².